The van der Waals surface area contributed by atoms with Gasteiger partial charge in [0.2, 0.25) is 5.95 Å². The highest BCUT2D eigenvalue weighted by atomic mass is 18.2. The second-order valence-corrected chi connectivity index (χ2v) is 5.89. The fourth-order valence-electron chi connectivity index (χ4n) is 2.19. The van der Waals surface area contributed by atoms with Crippen molar-refractivity contribution in [3.8, 4) is 0 Å². The number of carbonyl (C=O) groups excluding carboxylic acids is 2. The van der Waals surface area contributed by atoms with Crippen molar-refractivity contribution < 1.29 is 33.8 Å². The Morgan fingerprint density at radius 3 is 2.32 bits per heavy atom. The molecule has 0 unspecified atom stereocenters. The number of carboxylic acid groups (broad SMARTS) is 2. The number of nitrogens with one attached hydrogen (secondary N) is 3. The zero-order valence-corrected chi connectivity index (χ0v) is 15.1. The minimum atomic E-state index is -1.31. The van der Waals surface area contributed by atoms with E-state index in [1.807, 2.05) is 0 Å². The van der Waals surface area contributed by atoms with Crippen LogP contribution in [0.4, 0.5) is 9.18 Å². The summed E-state index contributed by atoms with van der Waals surface area (Å²) in [5.41, 5.74) is -0.00535. The molecule has 0 fully saturated rings. The third-order valence-corrected chi connectivity index (χ3v) is 3.62. The van der Waals surface area contributed by atoms with Crippen LogP contribution in [-0.2, 0) is 9.59 Å². The Kier molecular flexibility index (Phi) is 9.94. The highest BCUT2D eigenvalue weighted by Crippen LogP contribution is 2.00. The molecule has 1 rings (SSSR count). The lowest BCUT2D eigenvalue weighted by Crippen LogP contribution is -2.46. The molecule has 1 aromatic heterocycles. The lowest BCUT2D eigenvalue weighted by atomic mass is 10.1. The van der Waals surface area contributed by atoms with Crippen LogP contribution < -0.4 is 16.0 Å². The van der Waals surface area contributed by atoms with Crippen LogP contribution in [0, 0.1) is 5.95 Å². The molecule has 0 saturated carbocycles. The summed E-state index contributed by atoms with van der Waals surface area (Å²) in [5.74, 6) is -3.66. The van der Waals surface area contributed by atoms with Gasteiger partial charge in [-0.15, -0.1) is 0 Å². The number of carboxylic acids is 2. The first-order chi connectivity index (χ1) is 13.3. The molecular weight excluding hydrogens is 374 g/mol. The van der Waals surface area contributed by atoms with Gasteiger partial charge in [-0.25, -0.2) is 14.6 Å². The van der Waals surface area contributed by atoms with Crippen LogP contribution in [0.15, 0.2) is 18.2 Å². The van der Waals surface area contributed by atoms with Crippen LogP contribution in [0.5, 0.6) is 0 Å². The predicted molar refractivity (Wildman–Crippen MR) is 95.2 cm³/mol. The van der Waals surface area contributed by atoms with Crippen LogP contribution in [0.3, 0.4) is 0 Å². The van der Waals surface area contributed by atoms with E-state index in [0.717, 1.165) is 6.07 Å². The van der Waals surface area contributed by atoms with Crippen LogP contribution in [0.1, 0.15) is 42.6 Å². The van der Waals surface area contributed by atoms with Gasteiger partial charge in [-0.2, -0.15) is 4.39 Å². The summed E-state index contributed by atoms with van der Waals surface area (Å²) in [6.07, 6.45) is 1.32. The highest BCUT2D eigenvalue weighted by Gasteiger charge is 2.20. The van der Waals surface area contributed by atoms with Crippen molar-refractivity contribution in [1.82, 2.24) is 20.9 Å². The molecule has 0 aliphatic carbocycles. The Bertz CT molecular complexity index is 700. The highest BCUT2D eigenvalue weighted by molar-refractivity contribution is 5.92. The molecule has 0 bridgehead atoms. The minimum absolute atomic E-state index is 0.00535. The van der Waals surface area contributed by atoms with E-state index < -0.39 is 35.9 Å². The molecule has 1 heterocycles. The van der Waals surface area contributed by atoms with Gasteiger partial charge in [0.05, 0.1) is 0 Å². The number of aliphatic carboxylic acids is 2. The Morgan fingerprint density at radius 2 is 1.71 bits per heavy atom. The van der Waals surface area contributed by atoms with E-state index >= 15 is 0 Å². The van der Waals surface area contributed by atoms with E-state index in [4.69, 9.17) is 10.2 Å². The topological polar surface area (TPSA) is 158 Å². The van der Waals surface area contributed by atoms with Gasteiger partial charge in [0, 0.05) is 19.5 Å². The predicted octanol–water partition coefficient (Wildman–Crippen LogP) is 0.738. The number of unbranched alkanes of at least 4 members (excludes halogenated alkanes) is 2. The normalized spacial score (nSPS) is 11.3. The molecule has 0 spiro atoms. The van der Waals surface area contributed by atoms with Gasteiger partial charge in [0.1, 0.15) is 11.7 Å². The van der Waals surface area contributed by atoms with E-state index in [9.17, 15) is 23.6 Å². The summed E-state index contributed by atoms with van der Waals surface area (Å²) in [6, 6.07) is 1.97. The van der Waals surface area contributed by atoms with Gasteiger partial charge in [0.25, 0.3) is 5.91 Å². The number of hydrogen-bond donors (Lipinski definition) is 5. The number of carbonyl (C=O) groups is 4. The molecule has 1 atom stereocenters. The van der Waals surface area contributed by atoms with Gasteiger partial charge in [-0.3, -0.25) is 9.59 Å². The first-order valence-electron chi connectivity index (χ1n) is 8.69. The summed E-state index contributed by atoms with van der Waals surface area (Å²) in [4.78, 5) is 48.3. The summed E-state index contributed by atoms with van der Waals surface area (Å²) < 4.78 is 12.9. The average Bonchev–Trinajstić information content (AvgIpc) is 2.63. The van der Waals surface area contributed by atoms with Crippen LogP contribution in [0.2, 0.25) is 0 Å². The Morgan fingerprint density at radius 1 is 1.04 bits per heavy atom. The maximum Gasteiger partial charge on any atom is 0.326 e. The van der Waals surface area contributed by atoms with E-state index in [-0.39, 0.29) is 25.1 Å². The van der Waals surface area contributed by atoms with Gasteiger partial charge >= 0.3 is 18.0 Å². The second-order valence-electron chi connectivity index (χ2n) is 5.89. The van der Waals surface area contributed by atoms with Gasteiger partial charge in [0.15, 0.2) is 0 Å². The monoisotopic (exact) mass is 397 g/mol. The molecule has 11 heteroatoms. The molecule has 28 heavy (non-hydrogen) atoms. The third-order valence-electron chi connectivity index (χ3n) is 3.62. The van der Waals surface area contributed by atoms with E-state index in [1.165, 1.54) is 12.1 Å². The van der Waals surface area contributed by atoms with Crippen molar-refractivity contribution in [3.63, 3.8) is 0 Å². The molecule has 0 aliphatic rings. The standard InChI is InChI=1S/C17H23FN4O6/c18-13-6-4-5-11(21-13)15(25)19-9-2-1-3-10-20-17(28)22-12(16(26)27)7-8-14(23)24/h4-6,12H,1-3,7-10H2,(H,19,25)(H,23,24)(H,26,27)(H2,20,22,28)/t12-/m0/s1/i18-1. The number of pyridine rings is 1. The SMILES string of the molecule is O=C(O)CC[C@H](NC(=O)NCCCCCNC(=O)c1cccc([18F])n1)C(=O)O. The summed E-state index contributed by atoms with van der Waals surface area (Å²) in [6.45, 7) is 0.649. The fourth-order valence-corrected chi connectivity index (χ4v) is 2.19. The summed E-state index contributed by atoms with van der Waals surface area (Å²) in [5, 5.41) is 24.8. The van der Waals surface area contributed by atoms with E-state index in [2.05, 4.69) is 20.9 Å². The van der Waals surface area contributed by atoms with Gasteiger partial charge < -0.3 is 26.2 Å². The van der Waals surface area contributed by atoms with E-state index in [0.29, 0.717) is 25.8 Å². The average molecular weight is 397 g/mol. The maximum atomic E-state index is 12.9. The lowest BCUT2D eigenvalue weighted by molar-refractivity contribution is -0.140. The number of nitrogens with zero attached hydrogens (tertiary/aromatic N) is 1. The molecule has 154 valence electrons. The molecule has 0 aromatic carbocycles. The van der Waals surface area contributed by atoms with Crippen molar-refractivity contribution >= 4 is 23.9 Å². The molecule has 0 saturated heterocycles. The Labute approximate surface area is 160 Å². The van der Waals surface area contributed by atoms with E-state index in [1.54, 1.807) is 0 Å². The quantitative estimate of drug-likeness (QED) is 0.257. The maximum absolute atomic E-state index is 12.9. The zero-order chi connectivity index (χ0) is 20.9. The van der Waals surface area contributed by atoms with Crippen molar-refractivity contribution in [2.45, 2.75) is 38.1 Å². The lowest BCUT2D eigenvalue weighted by Gasteiger charge is -2.14. The Balaban J connectivity index is 2.14. The van der Waals surface area contributed by atoms with Crippen molar-refractivity contribution in [1.29, 1.82) is 0 Å². The first-order valence-corrected chi connectivity index (χ1v) is 8.69. The van der Waals surface area contributed by atoms with Crippen LogP contribution in [0.25, 0.3) is 0 Å². The molecule has 10 nitrogen and oxygen atoms in total. The van der Waals surface area contributed by atoms with Crippen molar-refractivity contribution in [3.05, 3.63) is 29.8 Å². The number of halogens is 1. The number of urea groups is 1. The minimum Gasteiger partial charge on any atom is -0.481 e. The van der Waals surface area contributed by atoms with Crippen LogP contribution >= 0.6 is 0 Å². The first kappa shape index (κ1) is 22.8. The molecule has 3 amide bonds. The van der Waals surface area contributed by atoms with Crippen molar-refractivity contribution in [2.75, 3.05) is 13.1 Å². The molecule has 0 radical (unpaired) electrons. The smallest absolute Gasteiger partial charge is 0.326 e. The summed E-state index contributed by atoms with van der Waals surface area (Å²) >= 11 is 0. The second kappa shape index (κ2) is 12.2. The number of hydrogen-bond acceptors (Lipinski definition) is 5. The zero-order valence-electron chi connectivity index (χ0n) is 15.1. The number of aromatic nitrogens is 1. The number of amides is 3. The molecule has 0 aliphatic heterocycles. The molecule has 1 aromatic rings. The van der Waals surface area contributed by atoms with Crippen molar-refractivity contribution in [2.24, 2.45) is 0 Å². The summed E-state index contributed by atoms with van der Waals surface area (Å²) in [7, 11) is 0. The molecule has 5 N–H and O–H groups in total. The van der Waals surface area contributed by atoms with Crippen LogP contribution in [-0.4, -0.2) is 58.2 Å². The number of rotatable bonds is 12. The Hall–Kier alpha value is -3.24. The van der Waals surface area contributed by atoms with Gasteiger partial charge in [-0.05, 0) is 37.8 Å². The fraction of sp³-hybridized carbons (Fsp3) is 0.471. The van der Waals surface area contributed by atoms with Gasteiger partial charge in [-0.1, -0.05) is 6.07 Å². The third kappa shape index (κ3) is 9.46. The largest absolute Gasteiger partial charge is 0.481 e. The molecular formula is C17H23FN4O6.